The third-order valence-electron chi connectivity index (χ3n) is 6.65. The van der Waals surface area contributed by atoms with E-state index in [4.69, 9.17) is 14.8 Å². The van der Waals surface area contributed by atoms with Crippen molar-refractivity contribution in [3.8, 4) is 0 Å². The normalized spacial score (nSPS) is 12.5. The summed E-state index contributed by atoms with van der Waals surface area (Å²) in [5.41, 5.74) is 6.40. The van der Waals surface area contributed by atoms with Crippen molar-refractivity contribution in [3.63, 3.8) is 0 Å². The van der Waals surface area contributed by atoms with E-state index in [2.05, 4.69) is 46.9 Å². The minimum atomic E-state index is -0.821. The van der Waals surface area contributed by atoms with E-state index >= 15 is 0 Å². The monoisotopic (exact) mass is 479 g/mol. The number of hydrogen-bond donors (Lipinski definition) is 2. The molecule has 7 nitrogen and oxygen atoms in total. The maximum absolute atomic E-state index is 10.1. The van der Waals surface area contributed by atoms with Crippen molar-refractivity contribution in [2.75, 3.05) is 19.2 Å². The zero-order valence-electron chi connectivity index (χ0n) is 20.4. The van der Waals surface area contributed by atoms with Gasteiger partial charge in [-0.1, -0.05) is 97.9 Å². The first-order valence-electron chi connectivity index (χ1n) is 12.1. The van der Waals surface area contributed by atoms with Crippen LogP contribution in [0.15, 0.2) is 97.3 Å². The molecule has 0 fully saturated rings. The highest BCUT2D eigenvalue weighted by molar-refractivity contribution is 5.83. The Hall–Kier alpha value is -4.07. The van der Waals surface area contributed by atoms with Crippen LogP contribution in [0.25, 0.3) is 11.2 Å². The van der Waals surface area contributed by atoms with E-state index in [1.165, 1.54) is 0 Å². The Bertz CT molecular complexity index is 1320. The number of rotatable bonds is 9. The largest absolute Gasteiger partial charge is 0.394 e. The standard InChI is InChI=1S/C29H29N5O2/c1-3-24(19-35)34-20-30-25-26(33-36-2)31-28(32-27(25)34)29(21-13-7-4-8-14-21,22-15-9-5-10-16-22)23-17-11-6-12-18-23/h4-18,20,24,35H,3,19H2,1-2H3,(H,31,32,33). The Labute approximate surface area is 210 Å². The Balaban J connectivity index is 1.93. The minimum absolute atomic E-state index is 0.0183. The van der Waals surface area contributed by atoms with Gasteiger partial charge in [-0.3, -0.25) is 4.84 Å². The number of nitrogens with one attached hydrogen (secondary N) is 1. The molecular formula is C29H29N5O2. The summed E-state index contributed by atoms with van der Waals surface area (Å²) in [4.78, 5) is 20.1. The van der Waals surface area contributed by atoms with Gasteiger partial charge in [0.05, 0.1) is 26.1 Å². The minimum Gasteiger partial charge on any atom is -0.394 e. The van der Waals surface area contributed by atoms with Crippen LogP contribution >= 0.6 is 0 Å². The van der Waals surface area contributed by atoms with Crippen LogP contribution in [0.3, 0.4) is 0 Å². The maximum atomic E-state index is 10.1. The van der Waals surface area contributed by atoms with E-state index < -0.39 is 5.41 Å². The van der Waals surface area contributed by atoms with Crippen molar-refractivity contribution in [2.45, 2.75) is 24.8 Å². The summed E-state index contributed by atoms with van der Waals surface area (Å²) >= 11 is 0. The lowest BCUT2D eigenvalue weighted by Gasteiger charge is -2.34. The molecule has 0 amide bonds. The number of aliphatic hydroxyl groups excluding tert-OH is 1. The molecule has 0 radical (unpaired) electrons. The molecule has 0 aliphatic carbocycles. The second-order valence-corrected chi connectivity index (χ2v) is 8.62. The van der Waals surface area contributed by atoms with Crippen molar-refractivity contribution in [2.24, 2.45) is 0 Å². The number of benzene rings is 3. The summed E-state index contributed by atoms with van der Waals surface area (Å²) < 4.78 is 1.92. The fourth-order valence-corrected chi connectivity index (χ4v) is 4.88. The molecule has 2 N–H and O–H groups in total. The van der Waals surface area contributed by atoms with Crippen LogP contribution in [0, 0.1) is 0 Å². The van der Waals surface area contributed by atoms with Gasteiger partial charge in [0.15, 0.2) is 22.8 Å². The molecule has 2 heterocycles. The quantitative estimate of drug-likeness (QED) is 0.225. The van der Waals surface area contributed by atoms with E-state index in [1.807, 2.05) is 66.1 Å². The Kier molecular flexibility index (Phi) is 6.75. The van der Waals surface area contributed by atoms with Crippen molar-refractivity contribution < 1.29 is 9.94 Å². The van der Waals surface area contributed by atoms with Crippen LogP contribution in [0.5, 0.6) is 0 Å². The lowest BCUT2D eigenvalue weighted by molar-refractivity contribution is 0.226. The van der Waals surface area contributed by atoms with Crippen molar-refractivity contribution in [1.29, 1.82) is 0 Å². The second-order valence-electron chi connectivity index (χ2n) is 8.62. The van der Waals surface area contributed by atoms with Gasteiger partial charge in [0.2, 0.25) is 0 Å². The fraction of sp³-hybridized carbons (Fsp3) is 0.207. The second kappa shape index (κ2) is 10.3. The van der Waals surface area contributed by atoms with Crippen LogP contribution in [0.1, 0.15) is 41.9 Å². The van der Waals surface area contributed by atoms with E-state index in [9.17, 15) is 5.11 Å². The number of nitrogens with zero attached hydrogens (tertiary/aromatic N) is 4. The van der Waals surface area contributed by atoms with Gasteiger partial charge in [-0.25, -0.2) is 20.4 Å². The van der Waals surface area contributed by atoms with E-state index in [1.54, 1.807) is 13.4 Å². The lowest BCUT2D eigenvalue weighted by Crippen LogP contribution is -2.33. The molecule has 0 spiro atoms. The summed E-state index contributed by atoms with van der Waals surface area (Å²) in [6, 6.07) is 30.7. The molecule has 5 rings (SSSR count). The average molecular weight is 480 g/mol. The first-order valence-corrected chi connectivity index (χ1v) is 12.1. The Morgan fingerprint density at radius 3 is 1.83 bits per heavy atom. The zero-order valence-corrected chi connectivity index (χ0v) is 20.4. The first kappa shape index (κ1) is 23.7. The van der Waals surface area contributed by atoms with Crippen LogP contribution in [0.4, 0.5) is 5.82 Å². The van der Waals surface area contributed by atoms with Crippen molar-refractivity contribution in [1.82, 2.24) is 19.5 Å². The predicted molar refractivity (Wildman–Crippen MR) is 141 cm³/mol. The number of aromatic nitrogens is 4. The summed E-state index contributed by atoms with van der Waals surface area (Å²) in [5, 5.41) is 10.1. The molecule has 5 aromatic rings. The highest BCUT2D eigenvalue weighted by Gasteiger charge is 2.42. The third kappa shape index (κ3) is 3.92. The molecule has 0 saturated heterocycles. The van der Waals surface area contributed by atoms with Gasteiger partial charge >= 0.3 is 0 Å². The van der Waals surface area contributed by atoms with Crippen LogP contribution < -0.4 is 5.48 Å². The lowest BCUT2D eigenvalue weighted by atomic mass is 9.68. The summed E-state index contributed by atoms with van der Waals surface area (Å²) in [6.45, 7) is 2.01. The Morgan fingerprint density at radius 1 is 0.861 bits per heavy atom. The number of anilines is 1. The van der Waals surface area contributed by atoms with Gasteiger partial charge in [-0.2, -0.15) is 0 Å². The predicted octanol–water partition coefficient (Wildman–Crippen LogP) is 5.13. The molecule has 2 aromatic heterocycles. The number of hydrogen-bond acceptors (Lipinski definition) is 6. The van der Waals surface area contributed by atoms with Gasteiger partial charge in [-0.05, 0) is 23.1 Å². The molecular weight excluding hydrogens is 450 g/mol. The summed E-state index contributed by atoms with van der Waals surface area (Å²) in [7, 11) is 1.55. The Morgan fingerprint density at radius 2 is 1.39 bits per heavy atom. The average Bonchev–Trinajstić information content (AvgIpc) is 3.36. The van der Waals surface area contributed by atoms with Crippen LogP contribution in [0.2, 0.25) is 0 Å². The highest BCUT2D eigenvalue weighted by Crippen LogP contribution is 2.44. The summed E-state index contributed by atoms with van der Waals surface area (Å²) in [5.74, 6) is 1.05. The molecule has 182 valence electrons. The molecule has 0 saturated carbocycles. The molecule has 1 unspecified atom stereocenters. The van der Waals surface area contributed by atoms with Crippen molar-refractivity contribution >= 4 is 17.0 Å². The third-order valence-corrected chi connectivity index (χ3v) is 6.65. The first-order chi connectivity index (χ1) is 17.7. The van der Waals surface area contributed by atoms with Gasteiger partial charge in [0.1, 0.15) is 5.41 Å². The summed E-state index contributed by atoms with van der Waals surface area (Å²) in [6.07, 6.45) is 2.44. The molecule has 0 aliphatic heterocycles. The molecule has 0 aliphatic rings. The molecule has 3 aromatic carbocycles. The molecule has 1 atom stereocenters. The fourth-order valence-electron chi connectivity index (χ4n) is 4.88. The van der Waals surface area contributed by atoms with Crippen molar-refractivity contribution in [3.05, 3.63) is 120 Å². The molecule has 0 bridgehead atoms. The van der Waals surface area contributed by atoms with Gasteiger partial charge in [0.25, 0.3) is 0 Å². The number of aliphatic hydroxyl groups is 1. The smallest absolute Gasteiger partial charge is 0.181 e. The van der Waals surface area contributed by atoms with Gasteiger partial charge < -0.3 is 9.67 Å². The SMILES string of the molecule is CCC(CO)n1cnc2c(NOC)nc(C(c3ccccc3)(c3ccccc3)c3ccccc3)nc21. The highest BCUT2D eigenvalue weighted by atomic mass is 16.6. The topological polar surface area (TPSA) is 85.1 Å². The van der Waals surface area contributed by atoms with Gasteiger partial charge in [0, 0.05) is 0 Å². The molecule has 7 heteroatoms. The van der Waals surface area contributed by atoms with E-state index in [0.717, 1.165) is 23.1 Å². The zero-order chi connectivity index (χ0) is 25.0. The van der Waals surface area contributed by atoms with Crippen LogP contribution in [-0.2, 0) is 10.3 Å². The van der Waals surface area contributed by atoms with E-state index in [-0.39, 0.29) is 12.6 Å². The number of imidazole rings is 1. The van der Waals surface area contributed by atoms with Gasteiger partial charge in [-0.15, -0.1) is 0 Å². The maximum Gasteiger partial charge on any atom is 0.181 e. The number of fused-ring (bicyclic) bond motifs is 1. The van der Waals surface area contributed by atoms with Crippen LogP contribution in [-0.4, -0.2) is 38.3 Å². The molecule has 36 heavy (non-hydrogen) atoms. The van der Waals surface area contributed by atoms with E-state index in [0.29, 0.717) is 22.8 Å².